The van der Waals surface area contributed by atoms with E-state index < -0.39 is 9.84 Å². The topological polar surface area (TPSA) is 54.9 Å². The monoisotopic (exact) mass is 414 g/mol. The van der Waals surface area contributed by atoms with Gasteiger partial charge in [0.1, 0.15) is 5.82 Å². The Morgan fingerprint density at radius 1 is 1.47 bits per heavy atom. The lowest BCUT2D eigenvalue weighted by molar-refractivity contribution is 0.590. The standard InChI is InChI=1S/C11H12FIN2O2S2/c1-2-19(16,17)4-3-15-10-5-7(12)8(13)6-9(10)14-11(15)18/h5-6H,2-4H2,1H3,(H,14,18). The minimum Gasteiger partial charge on any atom is -0.331 e. The zero-order valence-corrected chi connectivity index (χ0v) is 13.9. The number of sulfone groups is 1. The molecule has 0 fully saturated rings. The Bertz CT molecular complexity index is 780. The number of aryl methyl sites for hydroxylation is 1. The summed E-state index contributed by atoms with van der Waals surface area (Å²) in [4.78, 5) is 2.96. The van der Waals surface area contributed by atoms with Crippen molar-refractivity contribution in [2.75, 3.05) is 11.5 Å². The van der Waals surface area contributed by atoms with Gasteiger partial charge in [-0.25, -0.2) is 12.8 Å². The summed E-state index contributed by atoms with van der Waals surface area (Å²) in [5.41, 5.74) is 1.30. The Morgan fingerprint density at radius 2 is 2.16 bits per heavy atom. The molecule has 0 aliphatic carbocycles. The number of fused-ring (bicyclic) bond motifs is 1. The highest BCUT2D eigenvalue weighted by Gasteiger charge is 2.12. The summed E-state index contributed by atoms with van der Waals surface area (Å²) in [6, 6.07) is 3.04. The van der Waals surface area contributed by atoms with Crippen molar-refractivity contribution in [2.45, 2.75) is 13.5 Å². The Morgan fingerprint density at radius 3 is 2.79 bits per heavy atom. The molecule has 8 heteroatoms. The van der Waals surface area contributed by atoms with Crippen LogP contribution in [0.1, 0.15) is 6.92 Å². The average molecular weight is 414 g/mol. The van der Waals surface area contributed by atoms with Crippen LogP contribution in [0.4, 0.5) is 4.39 Å². The summed E-state index contributed by atoms with van der Waals surface area (Å²) in [5.74, 6) is -0.248. The van der Waals surface area contributed by atoms with Crippen molar-refractivity contribution in [3.8, 4) is 0 Å². The van der Waals surface area contributed by atoms with Gasteiger partial charge in [-0.1, -0.05) is 6.92 Å². The molecule has 104 valence electrons. The lowest BCUT2D eigenvalue weighted by atomic mass is 10.3. The van der Waals surface area contributed by atoms with Gasteiger partial charge in [0.15, 0.2) is 14.6 Å². The van der Waals surface area contributed by atoms with Crippen LogP contribution in [0.3, 0.4) is 0 Å². The highest BCUT2D eigenvalue weighted by atomic mass is 127. The number of rotatable bonds is 4. The number of H-pyrrole nitrogens is 1. The first-order valence-corrected chi connectivity index (χ1v) is 8.93. The number of halogens is 2. The van der Waals surface area contributed by atoms with Crippen LogP contribution in [-0.4, -0.2) is 29.5 Å². The second kappa shape index (κ2) is 5.49. The summed E-state index contributed by atoms with van der Waals surface area (Å²) >= 11 is 7.05. The van der Waals surface area contributed by atoms with E-state index in [-0.39, 0.29) is 23.9 Å². The van der Waals surface area contributed by atoms with Crippen LogP contribution in [-0.2, 0) is 16.4 Å². The third-order valence-corrected chi connectivity index (χ3v) is 5.72. The highest BCUT2D eigenvalue weighted by Crippen LogP contribution is 2.20. The minimum atomic E-state index is -3.08. The third kappa shape index (κ3) is 3.16. The molecule has 0 saturated carbocycles. The molecule has 1 heterocycles. The van der Waals surface area contributed by atoms with Crippen LogP contribution in [0.5, 0.6) is 0 Å². The van der Waals surface area contributed by atoms with Gasteiger partial charge in [0.25, 0.3) is 0 Å². The largest absolute Gasteiger partial charge is 0.331 e. The van der Waals surface area contributed by atoms with Gasteiger partial charge in [-0.3, -0.25) is 0 Å². The lowest BCUT2D eigenvalue weighted by Gasteiger charge is -2.05. The van der Waals surface area contributed by atoms with Crippen molar-refractivity contribution in [1.29, 1.82) is 0 Å². The zero-order chi connectivity index (χ0) is 14.2. The van der Waals surface area contributed by atoms with Gasteiger partial charge < -0.3 is 9.55 Å². The van der Waals surface area contributed by atoms with Gasteiger partial charge in [-0.2, -0.15) is 0 Å². The molecule has 1 aromatic carbocycles. The van der Waals surface area contributed by atoms with Crippen LogP contribution in [0.2, 0.25) is 0 Å². The smallest absolute Gasteiger partial charge is 0.178 e. The molecule has 0 aliphatic rings. The number of imidazole rings is 1. The molecule has 0 bridgehead atoms. The van der Waals surface area contributed by atoms with E-state index in [2.05, 4.69) is 4.98 Å². The predicted octanol–water partition coefficient (Wildman–Crippen LogP) is 2.88. The van der Waals surface area contributed by atoms with E-state index in [0.29, 0.717) is 19.4 Å². The molecule has 19 heavy (non-hydrogen) atoms. The zero-order valence-electron chi connectivity index (χ0n) is 10.1. The molecular formula is C11H12FIN2O2S2. The van der Waals surface area contributed by atoms with Crippen molar-refractivity contribution in [1.82, 2.24) is 9.55 Å². The maximum absolute atomic E-state index is 13.6. The second-order valence-corrected chi connectivity index (χ2v) is 8.12. The molecule has 1 aromatic heterocycles. The van der Waals surface area contributed by atoms with Crippen molar-refractivity contribution < 1.29 is 12.8 Å². The summed E-state index contributed by atoms with van der Waals surface area (Å²) < 4.78 is 39.2. The maximum Gasteiger partial charge on any atom is 0.178 e. The fourth-order valence-corrected chi connectivity index (χ4v) is 3.26. The van der Waals surface area contributed by atoms with Crippen LogP contribution < -0.4 is 0 Å². The van der Waals surface area contributed by atoms with Gasteiger partial charge >= 0.3 is 0 Å². The molecule has 2 rings (SSSR count). The molecule has 0 saturated heterocycles. The number of hydrogen-bond acceptors (Lipinski definition) is 3. The van der Waals surface area contributed by atoms with Gasteiger partial charge in [0.2, 0.25) is 0 Å². The summed E-state index contributed by atoms with van der Waals surface area (Å²) in [5, 5.41) is 0. The van der Waals surface area contributed by atoms with Crippen LogP contribution in [0.15, 0.2) is 12.1 Å². The molecular weight excluding hydrogens is 402 g/mol. The number of aromatic nitrogens is 2. The number of aromatic amines is 1. The summed E-state index contributed by atoms with van der Waals surface area (Å²) in [6.07, 6.45) is 0. The molecule has 0 radical (unpaired) electrons. The van der Waals surface area contributed by atoms with Crippen molar-refractivity contribution in [3.63, 3.8) is 0 Å². The number of hydrogen-bond donors (Lipinski definition) is 1. The predicted molar refractivity (Wildman–Crippen MR) is 84.1 cm³/mol. The molecule has 0 spiro atoms. The number of nitrogens with one attached hydrogen (secondary N) is 1. The Balaban J connectivity index is 2.46. The van der Waals surface area contributed by atoms with Gasteiger partial charge in [0, 0.05) is 18.4 Å². The lowest BCUT2D eigenvalue weighted by Crippen LogP contribution is -2.14. The first-order valence-electron chi connectivity index (χ1n) is 5.62. The van der Waals surface area contributed by atoms with Crippen LogP contribution in [0, 0.1) is 14.2 Å². The Hall–Kier alpha value is -0.480. The second-order valence-electron chi connectivity index (χ2n) is 4.10. The third-order valence-electron chi connectivity index (χ3n) is 2.88. The van der Waals surface area contributed by atoms with E-state index in [9.17, 15) is 12.8 Å². The van der Waals surface area contributed by atoms with E-state index in [1.54, 1.807) is 17.6 Å². The molecule has 0 atom stereocenters. The Kier molecular flexibility index (Phi) is 4.31. The van der Waals surface area contributed by atoms with Crippen molar-refractivity contribution in [3.05, 3.63) is 26.3 Å². The van der Waals surface area contributed by atoms with E-state index >= 15 is 0 Å². The molecule has 1 N–H and O–H groups in total. The quantitative estimate of drug-likeness (QED) is 0.619. The highest BCUT2D eigenvalue weighted by molar-refractivity contribution is 14.1. The first kappa shape index (κ1) is 14.9. The minimum absolute atomic E-state index is 0.00162. The fraction of sp³-hybridized carbons (Fsp3) is 0.364. The molecule has 4 nitrogen and oxygen atoms in total. The fourth-order valence-electron chi connectivity index (χ4n) is 1.75. The van der Waals surface area contributed by atoms with Crippen LogP contribution >= 0.6 is 34.8 Å². The van der Waals surface area contributed by atoms with E-state index in [0.717, 1.165) is 0 Å². The van der Waals surface area contributed by atoms with Gasteiger partial charge in [0.05, 0.1) is 20.4 Å². The van der Waals surface area contributed by atoms with Gasteiger partial charge in [-0.15, -0.1) is 0 Å². The average Bonchev–Trinajstić information content (AvgIpc) is 2.63. The first-order chi connectivity index (χ1) is 8.84. The summed E-state index contributed by atoms with van der Waals surface area (Å²) in [6.45, 7) is 1.83. The number of nitrogens with zero attached hydrogens (tertiary/aromatic N) is 1. The molecule has 2 aromatic rings. The van der Waals surface area contributed by atoms with Crippen molar-refractivity contribution >= 4 is 55.7 Å². The number of benzene rings is 1. The van der Waals surface area contributed by atoms with Crippen LogP contribution in [0.25, 0.3) is 11.0 Å². The molecule has 0 unspecified atom stereocenters. The SMILES string of the molecule is CCS(=O)(=O)CCn1c(=S)[nH]c2cc(I)c(F)cc21. The normalized spacial score (nSPS) is 12.2. The van der Waals surface area contributed by atoms with E-state index in [4.69, 9.17) is 12.2 Å². The maximum atomic E-state index is 13.6. The van der Waals surface area contributed by atoms with Gasteiger partial charge in [-0.05, 0) is 40.9 Å². The van der Waals surface area contributed by atoms with Crippen molar-refractivity contribution in [2.24, 2.45) is 0 Å². The molecule has 0 amide bonds. The molecule has 0 aliphatic heterocycles. The van der Waals surface area contributed by atoms with E-state index in [1.165, 1.54) is 6.07 Å². The van der Waals surface area contributed by atoms with E-state index in [1.807, 2.05) is 22.6 Å². The summed E-state index contributed by atoms with van der Waals surface area (Å²) in [7, 11) is -3.08. The Labute approximate surface area is 129 Å².